The van der Waals surface area contributed by atoms with Crippen molar-refractivity contribution in [3.8, 4) is 0 Å². The van der Waals surface area contributed by atoms with Crippen molar-refractivity contribution in [2.45, 2.75) is 12.7 Å². The number of carbonyl (C=O) groups is 1. The van der Waals surface area contributed by atoms with Gasteiger partial charge < -0.3 is 14.6 Å². The minimum absolute atomic E-state index is 0.590. The van der Waals surface area contributed by atoms with Gasteiger partial charge in [0.15, 0.2) is 5.79 Å². The van der Waals surface area contributed by atoms with Crippen molar-refractivity contribution in [2.75, 3.05) is 13.2 Å². The Morgan fingerprint density at radius 2 is 2.25 bits per heavy atom. The van der Waals surface area contributed by atoms with Crippen LogP contribution in [0.3, 0.4) is 0 Å². The minimum Gasteiger partial charge on any atom is -0.478 e. The molecule has 16 heavy (non-hydrogen) atoms. The number of ether oxygens (including phenoxy) is 2. The molecule has 1 aliphatic heterocycles. The molecule has 1 N–H and O–H groups in total. The van der Waals surface area contributed by atoms with E-state index in [2.05, 4.69) is 0 Å². The first-order chi connectivity index (χ1) is 7.60. The first-order valence-corrected chi connectivity index (χ1v) is 5.76. The maximum atomic E-state index is 10.4. The lowest BCUT2D eigenvalue weighted by molar-refractivity contribution is -0.149. The van der Waals surface area contributed by atoms with E-state index >= 15 is 0 Å². The summed E-state index contributed by atoms with van der Waals surface area (Å²) in [6.07, 6.45) is 2.68. The summed E-state index contributed by atoms with van der Waals surface area (Å²) in [6, 6.07) is 1.88. The Morgan fingerprint density at radius 3 is 2.88 bits per heavy atom. The number of hydrogen-bond acceptors (Lipinski definition) is 4. The average Bonchev–Trinajstić information content (AvgIpc) is 2.84. The second-order valence-corrected chi connectivity index (χ2v) is 4.49. The van der Waals surface area contributed by atoms with Gasteiger partial charge in [0.1, 0.15) is 0 Å². The van der Waals surface area contributed by atoms with Crippen LogP contribution < -0.4 is 0 Å². The van der Waals surface area contributed by atoms with Gasteiger partial charge in [-0.3, -0.25) is 0 Å². The lowest BCUT2D eigenvalue weighted by Gasteiger charge is -2.20. The molecule has 0 bridgehead atoms. The normalized spacial score (nSPS) is 19.3. The molecule has 0 radical (unpaired) electrons. The van der Waals surface area contributed by atoms with Crippen LogP contribution in [-0.4, -0.2) is 24.3 Å². The summed E-state index contributed by atoms with van der Waals surface area (Å²) in [4.78, 5) is 11.2. The van der Waals surface area contributed by atoms with Crippen molar-refractivity contribution in [1.82, 2.24) is 0 Å². The molecule has 0 saturated carbocycles. The number of aliphatic carboxylic acids is 1. The smallest absolute Gasteiger partial charge is 0.328 e. The highest BCUT2D eigenvalue weighted by Gasteiger charge is 2.33. The van der Waals surface area contributed by atoms with Crippen LogP contribution in [0.15, 0.2) is 17.5 Å². The van der Waals surface area contributed by atoms with Crippen molar-refractivity contribution in [3.05, 3.63) is 28.0 Å². The van der Waals surface area contributed by atoms with Gasteiger partial charge in [-0.15, -0.1) is 11.3 Å². The summed E-state index contributed by atoms with van der Waals surface area (Å²) in [7, 11) is 0. The molecular weight excluding hydrogens is 228 g/mol. The van der Waals surface area contributed by atoms with Gasteiger partial charge in [-0.25, -0.2) is 4.79 Å². The van der Waals surface area contributed by atoms with Crippen molar-refractivity contribution < 1.29 is 19.4 Å². The van der Waals surface area contributed by atoms with Crippen molar-refractivity contribution >= 4 is 23.4 Å². The molecule has 0 aromatic carbocycles. The van der Waals surface area contributed by atoms with Crippen LogP contribution in [-0.2, 0) is 20.1 Å². The predicted octanol–water partition coefficient (Wildman–Crippen LogP) is 2.07. The molecule has 2 rings (SSSR count). The molecule has 0 unspecified atom stereocenters. The average molecular weight is 240 g/mol. The van der Waals surface area contributed by atoms with E-state index in [-0.39, 0.29) is 0 Å². The number of rotatable bonds is 3. The maximum Gasteiger partial charge on any atom is 0.328 e. The molecule has 2 heterocycles. The molecular formula is C11H12O4S. The summed E-state index contributed by atoms with van der Waals surface area (Å²) in [5.41, 5.74) is 0.931. The molecule has 1 aromatic heterocycles. The summed E-state index contributed by atoms with van der Waals surface area (Å²) < 4.78 is 11.0. The van der Waals surface area contributed by atoms with E-state index in [1.807, 2.05) is 18.4 Å². The highest BCUT2D eigenvalue weighted by Crippen LogP contribution is 2.33. The van der Waals surface area contributed by atoms with Crippen LogP contribution in [0.2, 0.25) is 0 Å². The molecule has 1 saturated heterocycles. The number of carboxylic acids is 1. The predicted molar refractivity (Wildman–Crippen MR) is 60.2 cm³/mol. The van der Waals surface area contributed by atoms with Crippen LogP contribution in [0.1, 0.15) is 17.4 Å². The van der Waals surface area contributed by atoms with Gasteiger partial charge in [0, 0.05) is 16.5 Å². The molecule has 86 valence electrons. The second-order valence-electron chi connectivity index (χ2n) is 3.55. The van der Waals surface area contributed by atoms with Gasteiger partial charge in [-0.05, 0) is 24.4 Å². The third-order valence-electron chi connectivity index (χ3n) is 2.37. The van der Waals surface area contributed by atoms with Gasteiger partial charge in [-0.2, -0.15) is 0 Å². The molecule has 1 aromatic rings. The van der Waals surface area contributed by atoms with Gasteiger partial charge in [0.2, 0.25) is 0 Å². The standard InChI is InChI=1S/C11H12O4S/c1-11(14-4-5-15-11)8-6-9(16-7-8)2-3-10(12)13/h2-3,6-7H,4-5H2,1H3,(H,12,13)/b3-2+. The van der Waals surface area contributed by atoms with E-state index < -0.39 is 11.8 Å². The largest absolute Gasteiger partial charge is 0.478 e. The van der Waals surface area contributed by atoms with Crippen LogP contribution in [0.4, 0.5) is 0 Å². The highest BCUT2D eigenvalue weighted by atomic mass is 32.1. The van der Waals surface area contributed by atoms with Crippen molar-refractivity contribution in [2.24, 2.45) is 0 Å². The fraction of sp³-hybridized carbons (Fsp3) is 0.364. The van der Waals surface area contributed by atoms with Gasteiger partial charge in [-0.1, -0.05) is 0 Å². The molecule has 1 aliphatic rings. The Balaban J connectivity index is 2.16. The first kappa shape index (κ1) is 11.3. The van der Waals surface area contributed by atoms with E-state index in [0.717, 1.165) is 16.5 Å². The zero-order valence-electron chi connectivity index (χ0n) is 8.80. The molecule has 0 atom stereocenters. The number of carboxylic acid groups (broad SMARTS) is 1. The lowest BCUT2D eigenvalue weighted by atomic mass is 10.1. The SMILES string of the molecule is CC1(c2csc(/C=C/C(=O)O)c2)OCCO1. The van der Waals surface area contributed by atoms with Crippen molar-refractivity contribution in [3.63, 3.8) is 0 Å². The Labute approximate surface area is 97.1 Å². The molecule has 4 nitrogen and oxygen atoms in total. The lowest BCUT2D eigenvalue weighted by Crippen LogP contribution is -2.21. The summed E-state index contributed by atoms with van der Waals surface area (Å²) in [6.45, 7) is 3.05. The monoisotopic (exact) mass is 240 g/mol. The summed E-state index contributed by atoms with van der Waals surface area (Å²) in [5, 5.41) is 10.4. The molecule has 0 amide bonds. The first-order valence-electron chi connectivity index (χ1n) is 4.88. The van der Waals surface area contributed by atoms with E-state index in [1.165, 1.54) is 11.3 Å². The van der Waals surface area contributed by atoms with Gasteiger partial charge >= 0.3 is 5.97 Å². The Hall–Kier alpha value is -1.17. The molecule has 5 heteroatoms. The maximum absolute atomic E-state index is 10.4. The van der Waals surface area contributed by atoms with Crippen LogP contribution in [0.5, 0.6) is 0 Å². The molecule has 0 spiro atoms. The third-order valence-corrected chi connectivity index (χ3v) is 3.27. The van der Waals surface area contributed by atoms with Crippen LogP contribution in [0.25, 0.3) is 6.08 Å². The van der Waals surface area contributed by atoms with E-state index in [0.29, 0.717) is 13.2 Å². The Morgan fingerprint density at radius 1 is 1.56 bits per heavy atom. The Bertz CT molecular complexity index is 415. The summed E-state index contributed by atoms with van der Waals surface area (Å²) >= 11 is 1.47. The molecule has 1 fully saturated rings. The molecule has 0 aliphatic carbocycles. The van der Waals surface area contributed by atoms with Gasteiger partial charge in [0.05, 0.1) is 13.2 Å². The minimum atomic E-state index is -0.950. The Kier molecular flexibility index (Phi) is 3.09. The third kappa shape index (κ3) is 2.32. The van der Waals surface area contributed by atoms with Crippen LogP contribution in [0, 0.1) is 0 Å². The van der Waals surface area contributed by atoms with E-state index in [1.54, 1.807) is 6.08 Å². The quantitative estimate of drug-likeness (QED) is 0.822. The van der Waals surface area contributed by atoms with E-state index in [9.17, 15) is 4.79 Å². The fourth-order valence-electron chi connectivity index (χ4n) is 1.51. The zero-order chi connectivity index (χ0) is 11.6. The summed E-state index contributed by atoms with van der Waals surface area (Å²) in [5.74, 6) is -1.62. The highest BCUT2D eigenvalue weighted by molar-refractivity contribution is 7.11. The van der Waals surface area contributed by atoms with Gasteiger partial charge in [0.25, 0.3) is 0 Å². The number of thiophene rings is 1. The topological polar surface area (TPSA) is 55.8 Å². The van der Waals surface area contributed by atoms with E-state index in [4.69, 9.17) is 14.6 Å². The van der Waals surface area contributed by atoms with Crippen molar-refractivity contribution in [1.29, 1.82) is 0 Å². The van der Waals surface area contributed by atoms with Crippen LogP contribution >= 0.6 is 11.3 Å². The number of hydrogen-bond donors (Lipinski definition) is 1. The fourth-order valence-corrected chi connectivity index (χ4v) is 2.40. The second kappa shape index (κ2) is 4.37. The zero-order valence-corrected chi connectivity index (χ0v) is 9.62.